The van der Waals surface area contributed by atoms with E-state index in [1.807, 2.05) is 30.9 Å². The van der Waals surface area contributed by atoms with Crippen LogP contribution in [0.25, 0.3) is 0 Å². The average molecular weight is 360 g/mol. The summed E-state index contributed by atoms with van der Waals surface area (Å²) in [7, 11) is 1.68. The van der Waals surface area contributed by atoms with Crippen molar-refractivity contribution < 1.29 is 14.3 Å². The predicted molar refractivity (Wildman–Crippen MR) is 103 cm³/mol. The van der Waals surface area contributed by atoms with Gasteiger partial charge in [-0.25, -0.2) is 0 Å². The van der Waals surface area contributed by atoms with Gasteiger partial charge in [0.15, 0.2) is 0 Å². The van der Waals surface area contributed by atoms with Gasteiger partial charge in [0.05, 0.1) is 13.7 Å². The number of nitrogens with one attached hydrogen (secondary N) is 1. The third-order valence-corrected chi connectivity index (χ3v) is 5.44. The first-order chi connectivity index (χ1) is 12.5. The van der Waals surface area contributed by atoms with Gasteiger partial charge in [-0.2, -0.15) is 0 Å². The number of likely N-dealkylation sites (tertiary alicyclic amines) is 1. The average Bonchev–Trinajstić information content (AvgIpc) is 2.70. The Kier molecular flexibility index (Phi) is 7.95. The van der Waals surface area contributed by atoms with Gasteiger partial charge >= 0.3 is 0 Å². The van der Waals surface area contributed by atoms with Crippen molar-refractivity contribution in [1.29, 1.82) is 0 Å². The molecule has 1 N–H and O–H groups in total. The Balaban J connectivity index is 1.67. The van der Waals surface area contributed by atoms with Crippen molar-refractivity contribution in [2.24, 2.45) is 11.8 Å². The van der Waals surface area contributed by atoms with Gasteiger partial charge in [0.1, 0.15) is 5.75 Å². The van der Waals surface area contributed by atoms with E-state index >= 15 is 0 Å². The molecule has 0 saturated carbocycles. The van der Waals surface area contributed by atoms with Crippen molar-refractivity contribution in [3.63, 3.8) is 0 Å². The minimum atomic E-state index is -0.0357. The smallest absolute Gasteiger partial charge is 0.241 e. The Morgan fingerprint density at radius 3 is 2.46 bits per heavy atom. The van der Waals surface area contributed by atoms with Crippen LogP contribution in [0.5, 0.6) is 5.75 Å². The van der Waals surface area contributed by atoms with Gasteiger partial charge in [-0.3, -0.25) is 9.59 Å². The highest BCUT2D eigenvalue weighted by molar-refractivity contribution is 5.85. The lowest BCUT2D eigenvalue weighted by molar-refractivity contribution is -0.134. The van der Waals surface area contributed by atoms with E-state index in [1.165, 1.54) is 5.56 Å². The van der Waals surface area contributed by atoms with Crippen LogP contribution in [0.2, 0.25) is 0 Å². The molecule has 0 aliphatic carbocycles. The molecule has 1 aliphatic heterocycles. The quantitative estimate of drug-likeness (QED) is 0.775. The number of amides is 2. The summed E-state index contributed by atoms with van der Waals surface area (Å²) >= 11 is 0. The summed E-state index contributed by atoms with van der Waals surface area (Å²) in [6, 6.07) is 8.25. The molecule has 0 bridgehead atoms. The number of hydrogen-bond acceptors (Lipinski definition) is 3. The molecule has 0 radical (unpaired) electrons. The van der Waals surface area contributed by atoms with Crippen LogP contribution < -0.4 is 10.1 Å². The number of ether oxygens (including phenoxy) is 1. The third kappa shape index (κ3) is 6.04. The molecule has 26 heavy (non-hydrogen) atoms. The standard InChI is InChI=1S/C21H32N2O3/c1-4-16(2)21(25)22-15-20(24)23-13-11-18(12-14-23)6-5-17-7-9-19(26-3)10-8-17/h7-10,16,18H,4-6,11-15H2,1-3H3,(H,22,25). The maximum absolute atomic E-state index is 12.3. The lowest BCUT2D eigenvalue weighted by Crippen LogP contribution is -2.44. The summed E-state index contributed by atoms with van der Waals surface area (Å²) in [6.45, 7) is 5.58. The van der Waals surface area contributed by atoms with Gasteiger partial charge in [-0.15, -0.1) is 0 Å². The molecule has 0 aromatic heterocycles. The van der Waals surface area contributed by atoms with E-state index in [0.29, 0.717) is 5.92 Å². The zero-order valence-electron chi connectivity index (χ0n) is 16.3. The largest absolute Gasteiger partial charge is 0.497 e. The Bertz CT molecular complexity index is 577. The van der Waals surface area contributed by atoms with Crippen LogP contribution in [-0.2, 0) is 16.0 Å². The Morgan fingerprint density at radius 1 is 1.23 bits per heavy atom. The summed E-state index contributed by atoms with van der Waals surface area (Å²) < 4.78 is 5.19. The molecular formula is C21H32N2O3. The Hall–Kier alpha value is -2.04. The fourth-order valence-electron chi connectivity index (χ4n) is 3.27. The molecule has 1 fully saturated rings. The zero-order chi connectivity index (χ0) is 18.9. The highest BCUT2D eigenvalue weighted by Crippen LogP contribution is 2.23. The molecule has 1 aliphatic rings. The van der Waals surface area contributed by atoms with Crippen LogP contribution in [-0.4, -0.2) is 43.5 Å². The molecule has 5 heteroatoms. The molecule has 2 amide bonds. The van der Waals surface area contributed by atoms with Crippen molar-refractivity contribution in [3.8, 4) is 5.75 Å². The van der Waals surface area contributed by atoms with Crippen molar-refractivity contribution in [2.75, 3.05) is 26.7 Å². The van der Waals surface area contributed by atoms with E-state index in [1.54, 1.807) is 7.11 Å². The molecule has 1 aromatic carbocycles. The number of nitrogens with zero attached hydrogens (tertiary/aromatic N) is 1. The van der Waals surface area contributed by atoms with Gasteiger partial charge in [0.25, 0.3) is 0 Å². The lowest BCUT2D eigenvalue weighted by Gasteiger charge is -2.32. The number of carbonyl (C=O) groups excluding carboxylic acids is 2. The second-order valence-corrected chi connectivity index (χ2v) is 7.24. The maximum atomic E-state index is 12.3. The monoisotopic (exact) mass is 360 g/mol. The van der Waals surface area contributed by atoms with E-state index < -0.39 is 0 Å². The lowest BCUT2D eigenvalue weighted by atomic mass is 9.90. The highest BCUT2D eigenvalue weighted by Gasteiger charge is 2.23. The van der Waals surface area contributed by atoms with Gasteiger partial charge in [-0.1, -0.05) is 26.0 Å². The van der Waals surface area contributed by atoms with Crippen LogP contribution in [0.1, 0.15) is 45.1 Å². The van der Waals surface area contributed by atoms with E-state index in [0.717, 1.165) is 50.9 Å². The second-order valence-electron chi connectivity index (χ2n) is 7.24. The summed E-state index contributed by atoms with van der Waals surface area (Å²) in [4.78, 5) is 25.9. The molecule has 1 aromatic rings. The predicted octanol–water partition coefficient (Wildman–Crippen LogP) is 3.03. The number of benzene rings is 1. The highest BCUT2D eigenvalue weighted by atomic mass is 16.5. The van der Waals surface area contributed by atoms with E-state index in [2.05, 4.69) is 17.4 Å². The van der Waals surface area contributed by atoms with Crippen LogP contribution in [0, 0.1) is 11.8 Å². The molecule has 1 saturated heterocycles. The molecule has 144 valence electrons. The van der Waals surface area contributed by atoms with Crippen molar-refractivity contribution in [1.82, 2.24) is 10.2 Å². The summed E-state index contributed by atoms with van der Waals surface area (Å²) in [5, 5.41) is 2.76. The molecule has 0 spiro atoms. The van der Waals surface area contributed by atoms with Crippen molar-refractivity contribution in [2.45, 2.75) is 46.0 Å². The van der Waals surface area contributed by atoms with E-state index in [4.69, 9.17) is 4.74 Å². The summed E-state index contributed by atoms with van der Waals surface area (Å²) in [6.07, 6.45) is 5.09. The minimum absolute atomic E-state index is 0.0322. The van der Waals surface area contributed by atoms with E-state index in [-0.39, 0.29) is 24.3 Å². The molecule has 5 nitrogen and oxygen atoms in total. The second kappa shape index (κ2) is 10.2. The first-order valence-corrected chi connectivity index (χ1v) is 9.71. The van der Waals surface area contributed by atoms with Gasteiger partial charge in [-0.05, 0) is 55.7 Å². The third-order valence-electron chi connectivity index (χ3n) is 5.44. The SMILES string of the molecule is CCC(C)C(=O)NCC(=O)N1CCC(CCc2ccc(OC)cc2)CC1. The maximum Gasteiger partial charge on any atom is 0.241 e. The molecule has 1 atom stereocenters. The van der Waals surface area contributed by atoms with Crippen LogP contribution in [0.3, 0.4) is 0 Å². The van der Waals surface area contributed by atoms with Crippen LogP contribution in [0.15, 0.2) is 24.3 Å². The fraction of sp³-hybridized carbons (Fsp3) is 0.619. The molecule has 2 rings (SSSR count). The Labute approximate surface area is 157 Å². The number of carbonyl (C=O) groups is 2. The number of piperidine rings is 1. The number of rotatable bonds is 8. The summed E-state index contributed by atoms with van der Waals surface area (Å²) in [5.74, 6) is 1.52. The molecule has 1 unspecified atom stereocenters. The first-order valence-electron chi connectivity index (χ1n) is 9.71. The van der Waals surface area contributed by atoms with Crippen LogP contribution >= 0.6 is 0 Å². The Morgan fingerprint density at radius 2 is 1.88 bits per heavy atom. The zero-order valence-corrected chi connectivity index (χ0v) is 16.3. The number of methoxy groups -OCH3 is 1. The van der Waals surface area contributed by atoms with Gasteiger partial charge in [0, 0.05) is 19.0 Å². The normalized spacial score (nSPS) is 16.2. The number of hydrogen-bond donors (Lipinski definition) is 1. The number of aryl methyl sites for hydroxylation is 1. The van der Waals surface area contributed by atoms with Crippen molar-refractivity contribution in [3.05, 3.63) is 29.8 Å². The summed E-state index contributed by atoms with van der Waals surface area (Å²) in [5.41, 5.74) is 1.33. The molecular weight excluding hydrogens is 328 g/mol. The van der Waals surface area contributed by atoms with E-state index in [9.17, 15) is 9.59 Å². The minimum Gasteiger partial charge on any atom is -0.497 e. The fourth-order valence-corrected chi connectivity index (χ4v) is 3.27. The molecule has 1 heterocycles. The van der Waals surface area contributed by atoms with Crippen molar-refractivity contribution >= 4 is 11.8 Å². The van der Waals surface area contributed by atoms with Gasteiger partial charge in [0.2, 0.25) is 11.8 Å². The first kappa shape index (κ1) is 20.3. The van der Waals surface area contributed by atoms with Gasteiger partial charge < -0.3 is 15.0 Å². The topological polar surface area (TPSA) is 58.6 Å². The van der Waals surface area contributed by atoms with Crippen LogP contribution in [0.4, 0.5) is 0 Å².